The Bertz CT molecular complexity index is 558. The molecule has 18 heavy (non-hydrogen) atoms. The van der Waals surface area contributed by atoms with E-state index in [1.165, 1.54) is 0 Å². The van der Waals surface area contributed by atoms with Crippen molar-refractivity contribution in [1.82, 2.24) is 14.8 Å². The van der Waals surface area contributed by atoms with E-state index in [1.54, 1.807) is 28.9 Å². The smallest absolute Gasteiger partial charge is 0.335 e. The molecule has 0 aliphatic carbocycles. The molecule has 0 fully saturated rings. The molecule has 5 nitrogen and oxygen atoms in total. The van der Waals surface area contributed by atoms with Crippen molar-refractivity contribution in [2.75, 3.05) is 0 Å². The van der Waals surface area contributed by atoms with Crippen molar-refractivity contribution < 1.29 is 9.90 Å². The summed E-state index contributed by atoms with van der Waals surface area (Å²) in [5, 5.41) is 13.3. The number of aromatic carboxylic acids is 1. The number of nitrogens with zero attached hydrogens (tertiary/aromatic N) is 3. The van der Waals surface area contributed by atoms with E-state index in [4.69, 9.17) is 5.11 Å². The van der Waals surface area contributed by atoms with E-state index in [0.717, 1.165) is 30.2 Å². The van der Waals surface area contributed by atoms with Gasteiger partial charge in [-0.1, -0.05) is 13.8 Å². The van der Waals surface area contributed by atoms with Crippen LogP contribution >= 0.6 is 0 Å². The van der Waals surface area contributed by atoms with Crippen molar-refractivity contribution >= 4 is 5.97 Å². The summed E-state index contributed by atoms with van der Waals surface area (Å²) in [6.07, 6.45) is 1.57. The second-order valence-corrected chi connectivity index (χ2v) is 3.92. The van der Waals surface area contributed by atoms with Crippen molar-refractivity contribution in [3.8, 4) is 5.69 Å². The van der Waals surface area contributed by atoms with Crippen LogP contribution < -0.4 is 0 Å². The fraction of sp³-hybridized carbons (Fsp3) is 0.308. The number of benzene rings is 1. The molecule has 0 saturated heterocycles. The monoisotopic (exact) mass is 245 g/mol. The largest absolute Gasteiger partial charge is 0.478 e. The summed E-state index contributed by atoms with van der Waals surface area (Å²) in [7, 11) is 0. The van der Waals surface area contributed by atoms with Crippen molar-refractivity contribution in [3.63, 3.8) is 0 Å². The van der Waals surface area contributed by atoms with Crippen LogP contribution in [0.5, 0.6) is 0 Å². The predicted octanol–water partition coefficient (Wildman–Crippen LogP) is 2.09. The Labute approximate surface area is 105 Å². The topological polar surface area (TPSA) is 68.0 Å². The Morgan fingerprint density at radius 2 is 1.89 bits per heavy atom. The fourth-order valence-corrected chi connectivity index (χ4v) is 1.72. The first-order valence-corrected chi connectivity index (χ1v) is 5.94. The molecular weight excluding hydrogens is 230 g/mol. The fourth-order valence-electron chi connectivity index (χ4n) is 1.72. The average molecular weight is 245 g/mol. The molecule has 0 bridgehead atoms. The van der Waals surface area contributed by atoms with E-state index in [0.29, 0.717) is 0 Å². The second-order valence-electron chi connectivity index (χ2n) is 3.92. The Balaban J connectivity index is 2.41. The summed E-state index contributed by atoms with van der Waals surface area (Å²) in [6, 6.07) is 6.64. The molecule has 0 atom stereocenters. The van der Waals surface area contributed by atoms with Crippen LogP contribution in [0.1, 0.15) is 35.9 Å². The van der Waals surface area contributed by atoms with Crippen LogP contribution in [0, 0.1) is 0 Å². The summed E-state index contributed by atoms with van der Waals surface area (Å²) < 4.78 is 1.77. The van der Waals surface area contributed by atoms with Crippen molar-refractivity contribution in [2.45, 2.75) is 26.7 Å². The molecule has 2 rings (SSSR count). The Morgan fingerprint density at radius 1 is 1.22 bits per heavy atom. The number of carbonyl (C=O) groups is 1. The maximum Gasteiger partial charge on any atom is 0.335 e. The standard InChI is InChI=1S/C13H15N3O2/c1-3-11-14-12(4-2)16(15-11)10-7-5-9(6-8-10)13(17)18/h5-8H,3-4H2,1-2H3,(H,17,18). The highest BCUT2D eigenvalue weighted by Gasteiger charge is 2.09. The van der Waals surface area contributed by atoms with Gasteiger partial charge in [0.15, 0.2) is 5.82 Å². The van der Waals surface area contributed by atoms with Gasteiger partial charge in [-0.2, -0.15) is 5.10 Å². The summed E-state index contributed by atoms with van der Waals surface area (Å²) in [6.45, 7) is 4.03. The van der Waals surface area contributed by atoms with Gasteiger partial charge in [-0.15, -0.1) is 0 Å². The first-order valence-electron chi connectivity index (χ1n) is 5.94. The molecule has 1 aromatic carbocycles. The van der Waals surface area contributed by atoms with Crippen LogP contribution in [0.3, 0.4) is 0 Å². The third-order valence-corrected chi connectivity index (χ3v) is 2.71. The van der Waals surface area contributed by atoms with Crippen molar-refractivity contribution in [3.05, 3.63) is 41.5 Å². The van der Waals surface area contributed by atoms with Gasteiger partial charge in [0.1, 0.15) is 5.82 Å². The zero-order chi connectivity index (χ0) is 13.1. The van der Waals surface area contributed by atoms with Crippen LogP contribution in [-0.4, -0.2) is 25.8 Å². The van der Waals surface area contributed by atoms with Gasteiger partial charge < -0.3 is 5.11 Å². The van der Waals surface area contributed by atoms with E-state index in [-0.39, 0.29) is 5.56 Å². The first kappa shape index (κ1) is 12.3. The normalized spacial score (nSPS) is 10.6. The van der Waals surface area contributed by atoms with E-state index in [9.17, 15) is 4.79 Å². The summed E-state index contributed by atoms with van der Waals surface area (Å²) in [5.74, 6) is 0.759. The molecule has 0 saturated carbocycles. The molecule has 0 amide bonds. The minimum atomic E-state index is -0.926. The van der Waals surface area contributed by atoms with Crippen LogP contribution in [0.4, 0.5) is 0 Å². The molecule has 0 aliphatic heterocycles. The number of hydrogen-bond acceptors (Lipinski definition) is 3. The molecule has 0 aliphatic rings. The van der Waals surface area contributed by atoms with E-state index < -0.39 is 5.97 Å². The third-order valence-electron chi connectivity index (χ3n) is 2.71. The number of aryl methyl sites for hydroxylation is 2. The number of rotatable bonds is 4. The van der Waals surface area contributed by atoms with Crippen molar-refractivity contribution in [1.29, 1.82) is 0 Å². The second kappa shape index (κ2) is 5.00. The van der Waals surface area contributed by atoms with E-state index in [2.05, 4.69) is 10.1 Å². The quantitative estimate of drug-likeness (QED) is 0.895. The van der Waals surface area contributed by atoms with Gasteiger partial charge in [0.25, 0.3) is 0 Å². The molecule has 94 valence electrons. The molecule has 0 unspecified atom stereocenters. The Morgan fingerprint density at radius 3 is 2.39 bits per heavy atom. The highest BCUT2D eigenvalue weighted by molar-refractivity contribution is 5.87. The van der Waals surface area contributed by atoms with Crippen LogP contribution in [0.25, 0.3) is 5.69 Å². The Kier molecular flexibility index (Phi) is 3.41. The predicted molar refractivity (Wildman–Crippen MR) is 67.1 cm³/mol. The van der Waals surface area contributed by atoms with E-state index in [1.807, 2.05) is 13.8 Å². The molecule has 0 radical (unpaired) electrons. The number of carboxylic acids is 1. The highest BCUT2D eigenvalue weighted by Crippen LogP contribution is 2.12. The maximum absolute atomic E-state index is 10.8. The molecule has 0 spiro atoms. The highest BCUT2D eigenvalue weighted by atomic mass is 16.4. The van der Waals surface area contributed by atoms with Gasteiger partial charge in [-0.25, -0.2) is 14.5 Å². The third kappa shape index (κ3) is 2.25. The minimum absolute atomic E-state index is 0.271. The first-order chi connectivity index (χ1) is 8.65. The summed E-state index contributed by atoms with van der Waals surface area (Å²) in [5.41, 5.74) is 1.11. The zero-order valence-electron chi connectivity index (χ0n) is 10.4. The van der Waals surface area contributed by atoms with Gasteiger partial charge in [0.2, 0.25) is 0 Å². The molecule has 1 heterocycles. The molecule has 2 aromatic rings. The average Bonchev–Trinajstić information content (AvgIpc) is 2.82. The van der Waals surface area contributed by atoms with Gasteiger partial charge in [0, 0.05) is 12.8 Å². The van der Waals surface area contributed by atoms with Crippen LogP contribution in [0.2, 0.25) is 0 Å². The van der Waals surface area contributed by atoms with Gasteiger partial charge in [0.05, 0.1) is 11.3 Å². The zero-order valence-corrected chi connectivity index (χ0v) is 10.4. The number of carboxylic acid groups (broad SMARTS) is 1. The SMILES string of the molecule is CCc1nc(CC)n(-c2ccc(C(=O)O)cc2)n1. The lowest BCUT2D eigenvalue weighted by atomic mass is 10.2. The molecule has 1 aromatic heterocycles. The molecular formula is C13H15N3O2. The lowest BCUT2D eigenvalue weighted by molar-refractivity contribution is 0.0697. The lowest BCUT2D eigenvalue weighted by Crippen LogP contribution is -2.03. The molecule has 1 N–H and O–H groups in total. The number of aromatic nitrogens is 3. The van der Waals surface area contributed by atoms with Crippen molar-refractivity contribution in [2.24, 2.45) is 0 Å². The number of hydrogen-bond donors (Lipinski definition) is 1. The van der Waals surface area contributed by atoms with Gasteiger partial charge in [-0.3, -0.25) is 0 Å². The molecule has 5 heteroatoms. The summed E-state index contributed by atoms with van der Waals surface area (Å²) in [4.78, 5) is 15.2. The van der Waals surface area contributed by atoms with Gasteiger partial charge in [-0.05, 0) is 24.3 Å². The van der Waals surface area contributed by atoms with Crippen LogP contribution in [-0.2, 0) is 12.8 Å². The lowest BCUT2D eigenvalue weighted by Gasteiger charge is -2.04. The summed E-state index contributed by atoms with van der Waals surface area (Å²) >= 11 is 0. The Hall–Kier alpha value is -2.17. The van der Waals surface area contributed by atoms with E-state index >= 15 is 0 Å². The van der Waals surface area contributed by atoms with Crippen LogP contribution in [0.15, 0.2) is 24.3 Å². The maximum atomic E-state index is 10.8. The van der Waals surface area contributed by atoms with Gasteiger partial charge >= 0.3 is 5.97 Å². The minimum Gasteiger partial charge on any atom is -0.478 e.